The molecule has 0 bridgehead atoms. The van der Waals surface area contributed by atoms with Crippen LogP contribution in [0.1, 0.15) is 45.6 Å². The molecule has 0 spiro atoms. The van der Waals surface area contributed by atoms with Gasteiger partial charge >= 0.3 is 5.97 Å². The molecule has 1 unspecified atom stereocenters. The van der Waals surface area contributed by atoms with E-state index in [9.17, 15) is 4.79 Å². The molecule has 24 heavy (non-hydrogen) atoms. The van der Waals surface area contributed by atoms with Gasteiger partial charge in [-0.2, -0.15) is 0 Å². The number of ether oxygens (including phenoxy) is 1. The topological polar surface area (TPSA) is 29.5 Å². The van der Waals surface area contributed by atoms with Crippen LogP contribution in [0.15, 0.2) is 36.4 Å². The van der Waals surface area contributed by atoms with E-state index in [4.69, 9.17) is 4.74 Å². The first kappa shape index (κ1) is 16.8. The lowest BCUT2D eigenvalue weighted by Gasteiger charge is -2.32. The number of likely N-dealkylation sites (N-methyl/N-ethyl adjacent to an activating group) is 1. The van der Waals surface area contributed by atoms with Crippen molar-refractivity contribution in [2.24, 2.45) is 0 Å². The molecule has 128 valence electrons. The first-order chi connectivity index (χ1) is 11.5. The Morgan fingerprint density at radius 3 is 2.71 bits per heavy atom. The third kappa shape index (κ3) is 2.77. The Morgan fingerprint density at radius 2 is 1.96 bits per heavy atom. The van der Waals surface area contributed by atoms with Crippen molar-refractivity contribution >= 4 is 22.4 Å². The second-order valence-electron chi connectivity index (χ2n) is 7.23. The fraction of sp³-hybridized carbons (Fsp3) is 0.476. The zero-order chi connectivity index (χ0) is 17.3. The van der Waals surface area contributed by atoms with E-state index in [0.717, 1.165) is 12.8 Å². The van der Waals surface area contributed by atoms with Gasteiger partial charge in [0.2, 0.25) is 0 Å². The fourth-order valence-corrected chi connectivity index (χ4v) is 4.28. The molecule has 0 fully saturated rings. The zero-order valence-corrected chi connectivity index (χ0v) is 15.1. The molecule has 3 rings (SSSR count). The number of hydrogen-bond donors (Lipinski definition) is 0. The van der Waals surface area contributed by atoms with Crippen LogP contribution in [-0.4, -0.2) is 25.7 Å². The summed E-state index contributed by atoms with van der Waals surface area (Å²) in [7, 11) is 2.18. The Labute approximate surface area is 144 Å². The Bertz CT molecular complexity index is 751. The van der Waals surface area contributed by atoms with E-state index in [2.05, 4.69) is 62.2 Å². The van der Waals surface area contributed by atoms with Crippen LogP contribution in [0.5, 0.6) is 0 Å². The second-order valence-corrected chi connectivity index (χ2v) is 7.23. The molecule has 1 aliphatic rings. The third-order valence-electron chi connectivity index (χ3n) is 5.40. The van der Waals surface area contributed by atoms with E-state index < -0.39 is 0 Å². The minimum atomic E-state index is -0.0843. The van der Waals surface area contributed by atoms with Crippen molar-refractivity contribution in [3.05, 3.63) is 42.0 Å². The van der Waals surface area contributed by atoms with Crippen LogP contribution in [0, 0.1) is 0 Å². The Kier molecular flexibility index (Phi) is 4.53. The molecule has 2 aromatic carbocycles. The zero-order valence-electron chi connectivity index (χ0n) is 15.1. The van der Waals surface area contributed by atoms with Crippen molar-refractivity contribution in [1.82, 2.24) is 0 Å². The van der Waals surface area contributed by atoms with E-state index in [1.54, 1.807) is 0 Å². The van der Waals surface area contributed by atoms with Gasteiger partial charge in [0.15, 0.2) is 0 Å². The Hall–Kier alpha value is -2.03. The van der Waals surface area contributed by atoms with Gasteiger partial charge < -0.3 is 9.64 Å². The lowest BCUT2D eigenvalue weighted by atomic mass is 9.77. The second kappa shape index (κ2) is 6.46. The molecule has 0 N–H and O–H groups in total. The fourth-order valence-electron chi connectivity index (χ4n) is 4.28. The quantitative estimate of drug-likeness (QED) is 0.748. The van der Waals surface area contributed by atoms with Gasteiger partial charge in [-0.05, 0) is 42.2 Å². The first-order valence-electron chi connectivity index (χ1n) is 8.87. The van der Waals surface area contributed by atoms with Crippen LogP contribution >= 0.6 is 0 Å². The average Bonchev–Trinajstić information content (AvgIpc) is 2.75. The van der Waals surface area contributed by atoms with E-state index in [1.807, 2.05) is 6.92 Å². The number of carbonyl (C=O) groups excluding carboxylic acids is 1. The summed E-state index contributed by atoms with van der Waals surface area (Å²) in [5.41, 5.74) is 2.81. The lowest BCUT2D eigenvalue weighted by molar-refractivity contribution is -0.143. The molecule has 2 aromatic rings. The molecule has 1 heterocycles. The first-order valence-corrected chi connectivity index (χ1v) is 8.87. The van der Waals surface area contributed by atoms with E-state index in [0.29, 0.717) is 19.1 Å². The Morgan fingerprint density at radius 1 is 1.21 bits per heavy atom. The van der Waals surface area contributed by atoms with Crippen LogP contribution < -0.4 is 4.90 Å². The van der Waals surface area contributed by atoms with Gasteiger partial charge in [0.1, 0.15) is 0 Å². The summed E-state index contributed by atoms with van der Waals surface area (Å²) in [5, 5.41) is 2.64. The standard InChI is InChI=1S/C21H27NO2/c1-5-24-19(23)12-8-11-18-21(2,3)20-16-10-7-6-9-15(16)13-14-17(20)22(18)4/h6-7,9-10,13-14,18H,5,8,11-12H2,1-4H3. The summed E-state index contributed by atoms with van der Waals surface area (Å²) in [6, 6.07) is 13.5. The van der Waals surface area contributed by atoms with Crippen molar-refractivity contribution in [1.29, 1.82) is 0 Å². The molecule has 0 saturated heterocycles. The highest BCUT2D eigenvalue weighted by Gasteiger charge is 2.43. The predicted octanol–water partition coefficient (Wildman–Crippen LogP) is 4.67. The number of esters is 1. The van der Waals surface area contributed by atoms with Crippen molar-refractivity contribution in [2.45, 2.75) is 51.5 Å². The maximum Gasteiger partial charge on any atom is 0.305 e. The molecular weight excluding hydrogens is 298 g/mol. The van der Waals surface area contributed by atoms with Gasteiger partial charge in [-0.1, -0.05) is 44.2 Å². The van der Waals surface area contributed by atoms with Gasteiger partial charge in [-0.25, -0.2) is 0 Å². The SMILES string of the molecule is CCOC(=O)CCCC1N(C)c2ccc3ccccc3c2C1(C)C. The van der Waals surface area contributed by atoms with Crippen molar-refractivity contribution < 1.29 is 9.53 Å². The summed E-state index contributed by atoms with van der Waals surface area (Å²) in [6.07, 6.45) is 2.36. The number of benzene rings is 2. The van der Waals surface area contributed by atoms with Gasteiger partial charge in [0, 0.05) is 30.6 Å². The highest BCUT2D eigenvalue weighted by molar-refractivity contribution is 5.93. The van der Waals surface area contributed by atoms with Gasteiger partial charge in [-0.15, -0.1) is 0 Å². The third-order valence-corrected chi connectivity index (χ3v) is 5.40. The van der Waals surface area contributed by atoms with Gasteiger partial charge in [0.05, 0.1) is 6.61 Å². The van der Waals surface area contributed by atoms with Crippen molar-refractivity contribution in [3.8, 4) is 0 Å². The number of rotatable bonds is 5. The summed E-state index contributed by atoms with van der Waals surface area (Å²) in [5.74, 6) is -0.0843. The van der Waals surface area contributed by atoms with Crippen molar-refractivity contribution in [3.63, 3.8) is 0 Å². The predicted molar refractivity (Wildman–Crippen MR) is 99.6 cm³/mol. The summed E-state index contributed by atoms with van der Waals surface area (Å²) in [4.78, 5) is 14.0. The summed E-state index contributed by atoms with van der Waals surface area (Å²) < 4.78 is 5.05. The number of hydrogen-bond acceptors (Lipinski definition) is 3. The average molecular weight is 325 g/mol. The Balaban J connectivity index is 1.86. The highest BCUT2D eigenvalue weighted by Crippen LogP contribution is 2.49. The maximum atomic E-state index is 11.6. The molecule has 3 nitrogen and oxygen atoms in total. The van der Waals surface area contributed by atoms with Gasteiger partial charge in [-0.3, -0.25) is 4.79 Å². The molecule has 0 aliphatic carbocycles. The molecular formula is C21H27NO2. The van der Waals surface area contributed by atoms with E-state index in [1.165, 1.54) is 22.0 Å². The molecule has 0 amide bonds. The molecule has 3 heteroatoms. The smallest absolute Gasteiger partial charge is 0.305 e. The highest BCUT2D eigenvalue weighted by atomic mass is 16.5. The van der Waals surface area contributed by atoms with Crippen LogP contribution in [0.25, 0.3) is 10.8 Å². The van der Waals surface area contributed by atoms with Crippen LogP contribution in [0.3, 0.4) is 0 Å². The normalized spacial score (nSPS) is 18.7. The van der Waals surface area contributed by atoms with E-state index in [-0.39, 0.29) is 11.4 Å². The maximum absolute atomic E-state index is 11.6. The van der Waals surface area contributed by atoms with Crippen molar-refractivity contribution in [2.75, 3.05) is 18.6 Å². The lowest BCUT2D eigenvalue weighted by Crippen LogP contribution is -2.39. The minimum absolute atomic E-state index is 0.0552. The molecule has 1 aliphatic heterocycles. The van der Waals surface area contributed by atoms with E-state index >= 15 is 0 Å². The number of anilines is 1. The molecule has 0 saturated carbocycles. The molecule has 1 atom stereocenters. The van der Waals surface area contributed by atoms with Crippen LogP contribution in [0.4, 0.5) is 5.69 Å². The molecule has 0 aromatic heterocycles. The van der Waals surface area contributed by atoms with Crippen LogP contribution in [-0.2, 0) is 14.9 Å². The van der Waals surface area contributed by atoms with Crippen LogP contribution in [0.2, 0.25) is 0 Å². The largest absolute Gasteiger partial charge is 0.466 e. The number of fused-ring (bicyclic) bond motifs is 3. The monoisotopic (exact) mass is 325 g/mol. The molecule has 0 radical (unpaired) electrons. The number of carbonyl (C=O) groups is 1. The minimum Gasteiger partial charge on any atom is -0.466 e. The summed E-state index contributed by atoms with van der Waals surface area (Å²) in [6.45, 7) is 6.98. The number of nitrogens with zero attached hydrogens (tertiary/aromatic N) is 1. The van der Waals surface area contributed by atoms with Gasteiger partial charge in [0.25, 0.3) is 0 Å². The summed E-state index contributed by atoms with van der Waals surface area (Å²) >= 11 is 0.